The number of aryl methyl sites for hydroxylation is 1. The molecule has 0 aliphatic carbocycles. The summed E-state index contributed by atoms with van der Waals surface area (Å²) in [6.07, 6.45) is 0. The van der Waals surface area contributed by atoms with E-state index in [-0.39, 0.29) is 5.75 Å². The van der Waals surface area contributed by atoms with Gasteiger partial charge in [0.2, 0.25) is 0 Å². The molecule has 5 heteroatoms. The van der Waals surface area contributed by atoms with Crippen LogP contribution in [0.4, 0.5) is 0 Å². The van der Waals surface area contributed by atoms with E-state index in [1.807, 2.05) is 13.8 Å². The zero-order chi connectivity index (χ0) is 13.3. The Hall–Kier alpha value is -1.81. The van der Waals surface area contributed by atoms with Gasteiger partial charge in [0.25, 0.3) is 0 Å². The molecule has 0 atom stereocenters. The average molecular weight is 265 g/mol. The van der Waals surface area contributed by atoms with Crippen LogP contribution in [0.3, 0.4) is 0 Å². The summed E-state index contributed by atoms with van der Waals surface area (Å²) in [6, 6.07) is 5.00. The second-order valence-electron chi connectivity index (χ2n) is 3.94. The first-order chi connectivity index (χ1) is 8.52. The van der Waals surface area contributed by atoms with E-state index >= 15 is 0 Å². The van der Waals surface area contributed by atoms with Crippen LogP contribution in [0.1, 0.15) is 11.3 Å². The molecule has 1 aromatic heterocycles. The summed E-state index contributed by atoms with van der Waals surface area (Å²) < 4.78 is 4.99. The molecule has 94 valence electrons. The third kappa shape index (κ3) is 2.24. The van der Waals surface area contributed by atoms with Gasteiger partial charge in [-0.05, 0) is 32.0 Å². The van der Waals surface area contributed by atoms with Crippen LogP contribution < -0.4 is 4.74 Å². The minimum absolute atomic E-state index is 0.0490. The summed E-state index contributed by atoms with van der Waals surface area (Å²) in [7, 11) is 1.50. The fourth-order valence-electron chi connectivity index (χ4n) is 1.55. The van der Waals surface area contributed by atoms with Crippen LogP contribution in [0.2, 0.25) is 5.15 Å². The Morgan fingerprint density at radius 3 is 2.50 bits per heavy atom. The zero-order valence-electron chi connectivity index (χ0n) is 10.4. The zero-order valence-corrected chi connectivity index (χ0v) is 11.1. The summed E-state index contributed by atoms with van der Waals surface area (Å²) in [5.41, 5.74) is 2.37. The molecule has 4 nitrogen and oxygen atoms in total. The van der Waals surface area contributed by atoms with Crippen LogP contribution in [0, 0.1) is 13.8 Å². The van der Waals surface area contributed by atoms with Crippen LogP contribution in [0.15, 0.2) is 18.2 Å². The number of rotatable bonds is 2. The lowest BCUT2D eigenvalue weighted by atomic mass is 10.1. The van der Waals surface area contributed by atoms with Gasteiger partial charge in [0.15, 0.2) is 17.3 Å². The van der Waals surface area contributed by atoms with E-state index in [1.165, 1.54) is 7.11 Å². The fraction of sp³-hybridized carbons (Fsp3) is 0.231. The standard InChI is InChI=1S/C13H13ClN2O2/c1-7-8(2)15-13(16-12(7)14)9-4-5-11(18-3)10(17)6-9/h4-6,17H,1-3H3. The van der Waals surface area contributed by atoms with Crippen molar-refractivity contribution < 1.29 is 9.84 Å². The number of phenolic OH excluding ortho intramolecular Hbond substituents is 1. The molecule has 0 aliphatic heterocycles. The van der Waals surface area contributed by atoms with Gasteiger partial charge >= 0.3 is 0 Å². The minimum atomic E-state index is 0.0490. The van der Waals surface area contributed by atoms with Gasteiger partial charge in [-0.25, -0.2) is 9.97 Å². The van der Waals surface area contributed by atoms with Crippen molar-refractivity contribution in [3.63, 3.8) is 0 Å². The number of methoxy groups -OCH3 is 1. The van der Waals surface area contributed by atoms with Crippen LogP contribution >= 0.6 is 11.6 Å². The molecule has 1 aromatic carbocycles. The van der Waals surface area contributed by atoms with Crippen molar-refractivity contribution in [1.29, 1.82) is 0 Å². The molecule has 2 aromatic rings. The molecule has 2 rings (SSSR count). The van der Waals surface area contributed by atoms with Crippen LogP contribution in [-0.2, 0) is 0 Å². The smallest absolute Gasteiger partial charge is 0.161 e. The second-order valence-corrected chi connectivity index (χ2v) is 4.29. The first kappa shape index (κ1) is 12.6. The number of aromatic hydroxyl groups is 1. The average Bonchev–Trinajstić information content (AvgIpc) is 2.35. The monoisotopic (exact) mass is 264 g/mol. The highest BCUT2D eigenvalue weighted by Gasteiger charge is 2.10. The summed E-state index contributed by atoms with van der Waals surface area (Å²) in [5.74, 6) is 0.947. The Kier molecular flexibility index (Phi) is 3.39. The van der Waals surface area contributed by atoms with Gasteiger partial charge in [-0.3, -0.25) is 0 Å². The van der Waals surface area contributed by atoms with E-state index in [0.717, 1.165) is 11.3 Å². The summed E-state index contributed by atoms with van der Waals surface area (Å²) in [5, 5.41) is 10.2. The molecule has 0 bridgehead atoms. The Bertz CT molecular complexity index is 577. The third-order valence-corrected chi connectivity index (χ3v) is 3.13. The largest absolute Gasteiger partial charge is 0.504 e. The SMILES string of the molecule is COc1ccc(-c2nc(C)c(C)c(Cl)n2)cc1O. The third-order valence-electron chi connectivity index (χ3n) is 2.77. The van der Waals surface area contributed by atoms with Gasteiger partial charge in [0, 0.05) is 16.8 Å². The molecule has 0 saturated heterocycles. The quantitative estimate of drug-likeness (QED) is 0.847. The van der Waals surface area contributed by atoms with Gasteiger partial charge in [-0.1, -0.05) is 11.6 Å². The highest BCUT2D eigenvalue weighted by Crippen LogP contribution is 2.30. The van der Waals surface area contributed by atoms with Gasteiger partial charge in [-0.2, -0.15) is 0 Å². The lowest BCUT2D eigenvalue weighted by Crippen LogP contribution is -1.96. The summed E-state index contributed by atoms with van der Waals surface area (Å²) in [4.78, 5) is 8.56. The Balaban J connectivity index is 2.52. The van der Waals surface area contributed by atoms with E-state index in [4.69, 9.17) is 16.3 Å². The van der Waals surface area contributed by atoms with E-state index in [0.29, 0.717) is 22.3 Å². The van der Waals surface area contributed by atoms with Crippen LogP contribution in [0.25, 0.3) is 11.4 Å². The Morgan fingerprint density at radius 1 is 1.22 bits per heavy atom. The molecule has 1 heterocycles. The number of phenols is 1. The highest BCUT2D eigenvalue weighted by atomic mass is 35.5. The maximum atomic E-state index is 9.73. The molecule has 18 heavy (non-hydrogen) atoms. The summed E-state index contributed by atoms with van der Waals surface area (Å²) in [6.45, 7) is 3.74. The van der Waals surface area contributed by atoms with E-state index in [1.54, 1.807) is 18.2 Å². The molecule has 0 radical (unpaired) electrons. The molecular weight excluding hydrogens is 252 g/mol. The number of hydrogen-bond acceptors (Lipinski definition) is 4. The minimum Gasteiger partial charge on any atom is -0.504 e. The van der Waals surface area contributed by atoms with Crippen molar-refractivity contribution >= 4 is 11.6 Å². The molecule has 0 amide bonds. The predicted octanol–water partition coefficient (Wildman–Crippen LogP) is 3.13. The maximum absolute atomic E-state index is 9.73. The van der Waals surface area contributed by atoms with E-state index in [2.05, 4.69) is 9.97 Å². The maximum Gasteiger partial charge on any atom is 0.161 e. The molecule has 0 unspecified atom stereocenters. The van der Waals surface area contributed by atoms with Gasteiger partial charge < -0.3 is 9.84 Å². The van der Waals surface area contributed by atoms with Crippen molar-refractivity contribution in [2.24, 2.45) is 0 Å². The predicted molar refractivity (Wildman–Crippen MR) is 70.2 cm³/mol. The van der Waals surface area contributed by atoms with Crippen LogP contribution in [0.5, 0.6) is 11.5 Å². The van der Waals surface area contributed by atoms with Crippen molar-refractivity contribution in [1.82, 2.24) is 9.97 Å². The Morgan fingerprint density at radius 2 is 1.94 bits per heavy atom. The number of aromatic nitrogens is 2. The number of benzene rings is 1. The number of hydrogen-bond donors (Lipinski definition) is 1. The van der Waals surface area contributed by atoms with E-state index < -0.39 is 0 Å². The molecule has 0 saturated carbocycles. The van der Waals surface area contributed by atoms with Crippen molar-refractivity contribution in [3.05, 3.63) is 34.6 Å². The van der Waals surface area contributed by atoms with Crippen molar-refractivity contribution in [3.8, 4) is 22.9 Å². The summed E-state index contributed by atoms with van der Waals surface area (Å²) >= 11 is 6.03. The van der Waals surface area contributed by atoms with Crippen molar-refractivity contribution in [2.75, 3.05) is 7.11 Å². The molecule has 1 N–H and O–H groups in total. The Labute approximate surface area is 110 Å². The highest BCUT2D eigenvalue weighted by molar-refractivity contribution is 6.30. The molecule has 0 spiro atoms. The van der Waals surface area contributed by atoms with E-state index in [9.17, 15) is 5.11 Å². The van der Waals surface area contributed by atoms with Crippen molar-refractivity contribution in [2.45, 2.75) is 13.8 Å². The molecule has 0 fully saturated rings. The first-order valence-electron chi connectivity index (χ1n) is 5.41. The fourth-order valence-corrected chi connectivity index (χ4v) is 1.77. The molecular formula is C13H13ClN2O2. The van der Waals surface area contributed by atoms with Gasteiger partial charge in [0.1, 0.15) is 5.15 Å². The molecule has 0 aliphatic rings. The van der Waals surface area contributed by atoms with Gasteiger partial charge in [-0.15, -0.1) is 0 Å². The van der Waals surface area contributed by atoms with Crippen LogP contribution in [-0.4, -0.2) is 22.2 Å². The normalized spacial score (nSPS) is 10.4. The second kappa shape index (κ2) is 4.82. The first-order valence-corrected chi connectivity index (χ1v) is 5.79. The topological polar surface area (TPSA) is 55.2 Å². The lowest BCUT2D eigenvalue weighted by molar-refractivity contribution is 0.373. The van der Waals surface area contributed by atoms with Gasteiger partial charge in [0.05, 0.1) is 7.11 Å². The number of nitrogens with zero attached hydrogens (tertiary/aromatic N) is 2. The number of ether oxygens (including phenoxy) is 1. The lowest BCUT2D eigenvalue weighted by Gasteiger charge is -2.08. The number of halogens is 1.